The highest BCUT2D eigenvalue weighted by molar-refractivity contribution is 4.91. The van der Waals surface area contributed by atoms with Gasteiger partial charge in [-0.05, 0) is 65.2 Å². The Hall–Kier alpha value is -0.0800. The largest absolute Gasteiger partial charge is 0.370 e. The van der Waals surface area contributed by atoms with Crippen molar-refractivity contribution in [3.63, 3.8) is 0 Å². The van der Waals surface area contributed by atoms with E-state index < -0.39 is 0 Å². The fraction of sp³-hybridized carbons (Fsp3) is 1.00. The molecule has 0 radical (unpaired) electrons. The standard InChI is InChI=1S/C17H35NO/c1-13(2)15(4)19-17(12-18-16(5,6)7)10-8-14(3)9-11-17/h13-15,18H,8-12H2,1-7H3. The molecule has 1 saturated carbocycles. The van der Waals surface area contributed by atoms with Crippen LogP contribution in [-0.2, 0) is 4.74 Å². The van der Waals surface area contributed by atoms with E-state index in [0.717, 1.165) is 12.5 Å². The maximum Gasteiger partial charge on any atom is 0.0810 e. The van der Waals surface area contributed by atoms with Crippen molar-refractivity contribution in [2.75, 3.05) is 6.54 Å². The fourth-order valence-electron chi connectivity index (χ4n) is 2.58. The molecule has 1 atom stereocenters. The summed E-state index contributed by atoms with van der Waals surface area (Å²) in [4.78, 5) is 0. The van der Waals surface area contributed by atoms with Crippen LogP contribution in [0.4, 0.5) is 0 Å². The molecule has 1 aliphatic rings. The fourth-order valence-corrected chi connectivity index (χ4v) is 2.58. The van der Waals surface area contributed by atoms with E-state index >= 15 is 0 Å². The van der Waals surface area contributed by atoms with Crippen molar-refractivity contribution in [2.24, 2.45) is 11.8 Å². The van der Waals surface area contributed by atoms with E-state index in [9.17, 15) is 0 Å². The minimum absolute atomic E-state index is 0.0590. The van der Waals surface area contributed by atoms with E-state index in [1.54, 1.807) is 0 Å². The normalized spacial score (nSPS) is 30.6. The van der Waals surface area contributed by atoms with Gasteiger partial charge in [-0.2, -0.15) is 0 Å². The summed E-state index contributed by atoms with van der Waals surface area (Å²) < 4.78 is 6.52. The third-order valence-corrected chi connectivity index (χ3v) is 4.50. The Kier molecular flexibility index (Phi) is 5.88. The Morgan fingerprint density at radius 3 is 2.11 bits per heavy atom. The monoisotopic (exact) mass is 269 g/mol. The third kappa shape index (κ3) is 5.83. The first-order chi connectivity index (χ1) is 8.64. The molecular weight excluding hydrogens is 234 g/mol. The topological polar surface area (TPSA) is 21.3 Å². The van der Waals surface area contributed by atoms with Crippen LogP contribution in [0.5, 0.6) is 0 Å². The van der Waals surface area contributed by atoms with Gasteiger partial charge in [-0.1, -0.05) is 20.8 Å². The third-order valence-electron chi connectivity index (χ3n) is 4.50. The molecule has 114 valence electrons. The molecule has 0 aromatic rings. The molecule has 0 saturated heterocycles. The SMILES string of the molecule is CC1CCC(CNC(C)(C)C)(OC(C)C(C)C)CC1. The summed E-state index contributed by atoms with van der Waals surface area (Å²) in [7, 11) is 0. The molecule has 19 heavy (non-hydrogen) atoms. The van der Waals surface area contributed by atoms with Gasteiger partial charge in [-0.25, -0.2) is 0 Å². The minimum Gasteiger partial charge on any atom is -0.370 e. The van der Waals surface area contributed by atoms with Crippen LogP contribution >= 0.6 is 0 Å². The lowest BCUT2D eigenvalue weighted by molar-refractivity contribution is -0.126. The van der Waals surface area contributed by atoms with Crippen LogP contribution in [-0.4, -0.2) is 23.8 Å². The highest BCUT2D eigenvalue weighted by Gasteiger charge is 2.37. The molecule has 2 heteroatoms. The van der Waals surface area contributed by atoms with Gasteiger partial charge in [0.05, 0.1) is 11.7 Å². The first-order valence-corrected chi connectivity index (χ1v) is 8.06. The van der Waals surface area contributed by atoms with Crippen molar-refractivity contribution in [1.82, 2.24) is 5.32 Å². The quantitative estimate of drug-likeness (QED) is 0.799. The maximum absolute atomic E-state index is 6.52. The smallest absolute Gasteiger partial charge is 0.0810 e. The lowest BCUT2D eigenvalue weighted by Gasteiger charge is -2.43. The van der Waals surface area contributed by atoms with Crippen molar-refractivity contribution in [1.29, 1.82) is 0 Å². The van der Waals surface area contributed by atoms with Crippen LogP contribution in [0.3, 0.4) is 0 Å². The first kappa shape index (κ1) is 17.0. The predicted molar refractivity (Wildman–Crippen MR) is 83.5 cm³/mol. The summed E-state index contributed by atoms with van der Waals surface area (Å²) in [6.45, 7) is 16.8. The summed E-state index contributed by atoms with van der Waals surface area (Å²) in [5.41, 5.74) is 0.226. The predicted octanol–water partition coefficient (Wildman–Crippen LogP) is 4.38. The molecule has 0 amide bonds. The summed E-state index contributed by atoms with van der Waals surface area (Å²) in [5, 5.41) is 3.67. The van der Waals surface area contributed by atoms with Gasteiger partial charge in [-0.15, -0.1) is 0 Å². The van der Waals surface area contributed by atoms with Crippen LogP contribution in [0.2, 0.25) is 0 Å². The molecule has 1 aliphatic carbocycles. The molecule has 2 nitrogen and oxygen atoms in total. The second-order valence-corrected chi connectivity index (χ2v) is 8.04. The summed E-state index contributed by atoms with van der Waals surface area (Å²) in [6, 6.07) is 0. The Morgan fingerprint density at radius 1 is 1.16 bits per heavy atom. The molecule has 1 fully saturated rings. The molecule has 0 aromatic heterocycles. The lowest BCUT2D eigenvalue weighted by Crippen LogP contribution is -2.52. The average molecular weight is 269 g/mol. The second-order valence-electron chi connectivity index (χ2n) is 8.04. The van der Waals surface area contributed by atoms with Crippen LogP contribution in [0.15, 0.2) is 0 Å². The molecule has 0 bridgehead atoms. The highest BCUT2D eigenvalue weighted by Crippen LogP contribution is 2.36. The van der Waals surface area contributed by atoms with Crippen molar-refractivity contribution >= 4 is 0 Å². The molecule has 0 heterocycles. The van der Waals surface area contributed by atoms with Crippen LogP contribution in [0, 0.1) is 11.8 Å². The van der Waals surface area contributed by atoms with Gasteiger partial charge in [0.25, 0.3) is 0 Å². The highest BCUT2D eigenvalue weighted by atomic mass is 16.5. The number of hydrogen-bond acceptors (Lipinski definition) is 2. The van der Waals surface area contributed by atoms with E-state index in [1.165, 1.54) is 25.7 Å². The van der Waals surface area contributed by atoms with Crippen LogP contribution < -0.4 is 5.32 Å². The van der Waals surface area contributed by atoms with Crippen LogP contribution in [0.1, 0.15) is 74.1 Å². The minimum atomic E-state index is 0.0590. The van der Waals surface area contributed by atoms with Gasteiger partial charge in [0.15, 0.2) is 0 Å². The molecule has 0 aliphatic heterocycles. The summed E-state index contributed by atoms with van der Waals surface area (Å²) >= 11 is 0. The van der Waals surface area contributed by atoms with Crippen molar-refractivity contribution < 1.29 is 4.74 Å². The molecule has 1 unspecified atom stereocenters. The summed E-state index contributed by atoms with van der Waals surface area (Å²) in [6.07, 6.45) is 5.35. The first-order valence-electron chi connectivity index (χ1n) is 8.06. The molecule has 1 rings (SSSR count). The number of nitrogens with one attached hydrogen (secondary N) is 1. The maximum atomic E-state index is 6.52. The Balaban J connectivity index is 2.67. The number of rotatable bonds is 5. The van der Waals surface area contributed by atoms with Crippen molar-refractivity contribution in [3.8, 4) is 0 Å². The van der Waals surface area contributed by atoms with E-state index in [0.29, 0.717) is 12.0 Å². The number of hydrogen-bond donors (Lipinski definition) is 1. The molecule has 0 spiro atoms. The van der Waals surface area contributed by atoms with Gasteiger partial charge in [0.2, 0.25) is 0 Å². The molecular formula is C17H35NO. The van der Waals surface area contributed by atoms with E-state index in [-0.39, 0.29) is 11.1 Å². The van der Waals surface area contributed by atoms with Gasteiger partial charge in [0, 0.05) is 12.1 Å². The van der Waals surface area contributed by atoms with Crippen LogP contribution in [0.25, 0.3) is 0 Å². The lowest BCUT2D eigenvalue weighted by atomic mass is 9.78. The van der Waals surface area contributed by atoms with Gasteiger partial charge in [0.1, 0.15) is 0 Å². The van der Waals surface area contributed by atoms with Crippen molar-refractivity contribution in [2.45, 2.75) is 91.4 Å². The van der Waals surface area contributed by atoms with E-state index in [2.05, 4.69) is 53.8 Å². The van der Waals surface area contributed by atoms with Gasteiger partial charge < -0.3 is 10.1 Å². The molecule has 1 N–H and O–H groups in total. The zero-order valence-electron chi connectivity index (χ0n) is 14.2. The number of ether oxygens (including phenoxy) is 1. The Labute approximate surface area is 120 Å². The van der Waals surface area contributed by atoms with Crippen molar-refractivity contribution in [3.05, 3.63) is 0 Å². The average Bonchev–Trinajstić information content (AvgIpc) is 2.29. The van der Waals surface area contributed by atoms with E-state index in [4.69, 9.17) is 4.74 Å². The zero-order valence-corrected chi connectivity index (χ0v) is 14.2. The van der Waals surface area contributed by atoms with Gasteiger partial charge >= 0.3 is 0 Å². The summed E-state index contributed by atoms with van der Waals surface area (Å²) in [5.74, 6) is 1.45. The zero-order chi connectivity index (χ0) is 14.7. The van der Waals surface area contributed by atoms with E-state index in [1.807, 2.05) is 0 Å². The Bertz CT molecular complexity index is 259. The van der Waals surface area contributed by atoms with Gasteiger partial charge in [-0.3, -0.25) is 0 Å². The Morgan fingerprint density at radius 2 is 1.68 bits per heavy atom. The molecule has 0 aromatic carbocycles. The second kappa shape index (κ2) is 6.58.